The number of hydrogen-bond acceptors (Lipinski definition) is 2. The minimum Gasteiger partial charge on any atom is -0.309 e. The molecule has 0 amide bonds. The molecule has 0 spiro atoms. The van der Waals surface area contributed by atoms with Crippen molar-refractivity contribution in [3.05, 3.63) is 170 Å². The van der Waals surface area contributed by atoms with E-state index < -0.39 is 0 Å². The summed E-state index contributed by atoms with van der Waals surface area (Å²) in [5.74, 6) is 0.659. The first kappa shape index (κ1) is 27.2. The van der Waals surface area contributed by atoms with Gasteiger partial charge in [-0.3, -0.25) is 4.57 Å². The zero-order valence-corrected chi connectivity index (χ0v) is 27.0. The molecule has 0 unspecified atom stereocenters. The molecule has 0 bridgehead atoms. The van der Waals surface area contributed by atoms with Gasteiger partial charge in [0.1, 0.15) is 0 Å². The van der Waals surface area contributed by atoms with Crippen LogP contribution in [0.4, 0.5) is 0 Å². The second-order valence-corrected chi connectivity index (χ2v) is 13.0. The maximum absolute atomic E-state index is 5.40. The Kier molecular flexibility index (Phi) is 5.63. The average molecular weight is 637 g/mol. The molecule has 4 heteroatoms. The van der Waals surface area contributed by atoms with Crippen molar-refractivity contribution in [2.24, 2.45) is 0 Å². The van der Waals surface area contributed by atoms with Crippen LogP contribution in [-0.2, 0) is 0 Å². The van der Waals surface area contributed by atoms with E-state index in [-0.39, 0.29) is 0 Å². The highest BCUT2D eigenvalue weighted by Gasteiger charge is 2.20. The molecular weight excluding hydrogens is 609 g/mol. The van der Waals surface area contributed by atoms with Crippen LogP contribution in [0.3, 0.4) is 0 Å². The van der Waals surface area contributed by atoms with Crippen molar-refractivity contribution < 1.29 is 0 Å². The van der Waals surface area contributed by atoms with Crippen LogP contribution in [-0.4, -0.2) is 19.1 Å². The molecule has 0 aliphatic heterocycles. The smallest absolute Gasteiger partial charge is 0.235 e. The van der Waals surface area contributed by atoms with Crippen LogP contribution in [0.5, 0.6) is 0 Å². The Labute approximate surface area is 287 Å². The normalized spacial score (nSPS) is 12.0. The standard InChI is InChI=1S/C46H28N4/c1-2-13-31-27-32(22-21-29(31)11-1)45-37-17-5-8-18-39(37)47-46(48-45)50-42-26-24-33(28-38(42)44-34-14-4-3-12-30(34)23-25-43(44)50)49-40-19-9-6-15-35(40)36-16-7-10-20-41(36)49/h1-28H. The van der Waals surface area contributed by atoms with E-state index in [1.165, 1.54) is 54.1 Å². The molecule has 0 atom stereocenters. The molecule has 0 fully saturated rings. The van der Waals surface area contributed by atoms with Gasteiger partial charge in [-0.05, 0) is 70.1 Å². The molecule has 232 valence electrons. The Morgan fingerprint density at radius 1 is 0.360 bits per heavy atom. The van der Waals surface area contributed by atoms with Crippen LogP contribution in [0, 0.1) is 0 Å². The minimum absolute atomic E-state index is 0.659. The Hall–Kier alpha value is -6.78. The number of aromatic nitrogens is 4. The third kappa shape index (κ3) is 3.87. The lowest BCUT2D eigenvalue weighted by molar-refractivity contribution is 1.01. The zero-order chi connectivity index (χ0) is 32.8. The van der Waals surface area contributed by atoms with Crippen molar-refractivity contribution in [3.63, 3.8) is 0 Å². The van der Waals surface area contributed by atoms with Crippen LogP contribution in [0.1, 0.15) is 0 Å². The molecule has 11 aromatic rings. The van der Waals surface area contributed by atoms with E-state index in [0.29, 0.717) is 5.95 Å². The number of benzene rings is 8. The zero-order valence-electron chi connectivity index (χ0n) is 27.0. The van der Waals surface area contributed by atoms with Gasteiger partial charge in [-0.2, -0.15) is 0 Å². The predicted octanol–water partition coefficient (Wildman–Crippen LogP) is 11.8. The van der Waals surface area contributed by atoms with Gasteiger partial charge in [0.15, 0.2) is 0 Å². The van der Waals surface area contributed by atoms with Gasteiger partial charge < -0.3 is 4.57 Å². The van der Waals surface area contributed by atoms with Crippen molar-refractivity contribution in [1.82, 2.24) is 19.1 Å². The van der Waals surface area contributed by atoms with E-state index in [0.717, 1.165) is 38.9 Å². The van der Waals surface area contributed by atoms with Crippen molar-refractivity contribution in [3.8, 4) is 22.9 Å². The van der Waals surface area contributed by atoms with Gasteiger partial charge in [0.05, 0.1) is 33.3 Å². The van der Waals surface area contributed by atoms with Gasteiger partial charge in [-0.1, -0.05) is 121 Å². The van der Waals surface area contributed by atoms with Gasteiger partial charge in [-0.15, -0.1) is 0 Å². The predicted molar refractivity (Wildman–Crippen MR) is 209 cm³/mol. The quantitative estimate of drug-likeness (QED) is 0.193. The summed E-state index contributed by atoms with van der Waals surface area (Å²) in [4.78, 5) is 10.6. The molecule has 50 heavy (non-hydrogen) atoms. The Morgan fingerprint density at radius 3 is 1.76 bits per heavy atom. The van der Waals surface area contributed by atoms with Gasteiger partial charge in [0.2, 0.25) is 5.95 Å². The molecule has 4 nitrogen and oxygen atoms in total. The summed E-state index contributed by atoms with van der Waals surface area (Å²) in [5.41, 5.74) is 8.58. The molecule has 0 saturated heterocycles. The highest BCUT2D eigenvalue weighted by atomic mass is 15.2. The fourth-order valence-electron chi connectivity index (χ4n) is 8.05. The average Bonchev–Trinajstić information content (AvgIpc) is 3.70. The van der Waals surface area contributed by atoms with E-state index in [4.69, 9.17) is 9.97 Å². The molecule has 0 radical (unpaired) electrons. The minimum atomic E-state index is 0.659. The third-order valence-electron chi connectivity index (χ3n) is 10.3. The lowest BCUT2D eigenvalue weighted by atomic mass is 10.0. The summed E-state index contributed by atoms with van der Waals surface area (Å²) in [5, 5.41) is 10.7. The fraction of sp³-hybridized carbons (Fsp3) is 0. The molecule has 0 N–H and O–H groups in total. The molecule has 0 saturated carbocycles. The first-order valence-corrected chi connectivity index (χ1v) is 17.0. The van der Waals surface area contributed by atoms with Crippen LogP contribution >= 0.6 is 0 Å². The second-order valence-electron chi connectivity index (χ2n) is 13.0. The van der Waals surface area contributed by atoms with Gasteiger partial charge in [0, 0.05) is 38.2 Å². The van der Waals surface area contributed by atoms with Crippen LogP contribution in [0.2, 0.25) is 0 Å². The Balaban J connectivity index is 1.23. The van der Waals surface area contributed by atoms with Crippen molar-refractivity contribution in [2.45, 2.75) is 0 Å². The Bertz CT molecular complexity index is 3110. The molecule has 0 aliphatic rings. The SMILES string of the molecule is c1ccc2cc(-c3nc(-n4c5ccc(-n6c7ccccc7c7ccccc76)cc5c5c6ccccc6ccc54)nc4ccccc34)ccc2c1. The number of hydrogen-bond donors (Lipinski definition) is 0. The first-order chi connectivity index (χ1) is 24.8. The van der Waals surface area contributed by atoms with Gasteiger partial charge >= 0.3 is 0 Å². The molecular formula is C46H28N4. The molecule has 11 rings (SSSR count). The Morgan fingerprint density at radius 2 is 0.960 bits per heavy atom. The number of nitrogens with zero attached hydrogens (tertiary/aromatic N) is 4. The summed E-state index contributed by atoms with van der Waals surface area (Å²) in [6, 6.07) is 60.7. The van der Waals surface area contributed by atoms with E-state index in [1.54, 1.807) is 0 Å². The van der Waals surface area contributed by atoms with Crippen molar-refractivity contribution in [1.29, 1.82) is 0 Å². The summed E-state index contributed by atoms with van der Waals surface area (Å²) in [7, 11) is 0. The monoisotopic (exact) mass is 636 g/mol. The van der Waals surface area contributed by atoms with E-state index in [1.807, 2.05) is 0 Å². The molecule has 0 aliphatic carbocycles. The number of fused-ring (bicyclic) bond motifs is 10. The summed E-state index contributed by atoms with van der Waals surface area (Å²) < 4.78 is 4.65. The summed E-state index contributed by atoms with van der Waals surface area (Å²) >= 11 is 0. The second kappa shape index (κ2) is 10.4. The molecule has 3 aromatic heterocycles. The topological polar surface area (TPSA) is 35.6 Å². The maximum Gasteiger partial charge on any atom is 0.235 e. The summed E-state index contributed by atoms with van der Waals surface area (Å²) in [6.07, 6.45) is 0. The van der Waals surface area contributed by atoms with Gasteiger partial charge in [-0.25, -0.2) is 9.97 Å². The molecule has 3 heterocycles. The van der Waals surface area contributed by atoms with Gasteiger partial charge in [0.25, 0.3) is 0 Å². The van der Waals surface area contributed by atoms with Crippen molar-refractivity contribution in [2.75, 3.05) is 0 Å². The van der Waals surface area contributed by atoms with E-state index in [9.17, 15) is 0 Å². The highest BCUT2D eigenvalue weighted by Crippen LogP contribution is 2.40. The first-order valence-electron chi connectivity index (χ1n) is 17.0. The molecule has 8 aromatic carbocycles. The maximum atomic E-state index is 5.40. The summed E-state index contributed by atoms with van der Waals surface area (Å²) in [6.45, 7) is 0. The number of rotatable bonds is 3. The highest BCUT2D eigenvalue weighted by molar-refractivity contribution is 6.22. The van der Waals surface area contributed by atoms with Crippen molar-refractivity contribution >= 4 is 76.1 Å². The van der Waals surface area contributed by atoms with Crippen LogP contribution in [0.15, 0.2) is 170 Å². The van der Waals surface area contributed by atoms with E-state index >= 15 is 0 Å². The van der Waals surface area contributed by atoms with E-state index in [2.05, 4.69) is 179 Å². The van der Waals surface area contributed by atoms with Crippen LogP contribution in [0.25, 0.3) is 99.0 Å². The number of para-hydroxylation sites is 3. The van der Waals surface area contributed by atoms with Crippen LogP contribution < -0.4 is 0 Å². The lowest BCUT2D eigenvalue weighted by Gasteiger charge is -2.13. The fourth-order valence-corrected chi connectivity index (χ4v) is 8.05. The largest absolute Gasteiger partial charge is 0.309 e. The lowest BCUT2D eigenvalue weighted by Crippen LogP contribution is -2.03. The third-order valence-corrected chi connectivity index (χ3v) is 10.3.